The average Bonchev–Trinajstić information content (AvgIpc) is 2.41. The van der Waals surface area contributed by atoms with Crippen LogP contribution in [0.1, 0.15) is 18.9 Å². The Morgan fingerprint density at radius 2 is 2.06 bits per heavy atom. The first-order valence-electron chi connectivity index (χ1n) is 6.08. The highest BCUT2D eigenvalue weighted by molar-refractivity contribution is 6.23. The van der Waals surface area contributed by atoms with Crippen molar-refractivity contribution in [3.63, 3.8) is 0 Å². The molecule has 0 aliphatic heterocycles. The van der Waals surface area contributed by atoms with Gasteiger partial charge in [-0.25, -0.2) is 0 Å². The van der Waals surface area contributed by atoms with Crippen molar-refractivity contribution in [3.05, 3.63) is 59.9 Å². The van der Waals surface area contributed by atoms with Crippen LogP contribution >= 0.6 is 11.6 Å². The lowest BCUT2D eigenvalue weighted by atomic mass is 9.91. The van der Waals surface area contributed by atoms with Gasteiger partial charge in [-0.1, -0.05) is 37.3 Å². The minimum Gasteiger partial charge on any atom is -0.489 e. The zero-order valence-electron chi connectivity index (χ0n) is 10.3. The average molecular weight is 265 g/mol. The Labute approximate surface area is 113 Å². The number of alkyl halides is 1. The van der Waals surface area contributed by atoms with E-state index in [1.54, 1.807) is 18.2 Å². The Balaban J connectivity index is 1.97. The largest absolute Gasteiger partial charge is 0.489 e. The van der Waals surface area contributed by atoms with Crippen molar-refractivity contribution in [1.29, 1.82) is 0 Å². The number of halogens is 1. The number of hydrogen-bond donors (Lipinski definition) is 1. The van der Waals surface area contributed by atoms with Crippen LogP contribution in [0.15, 0.2) is 54.3 Å². The van der Waals surface area contributed by atoms with Crippen LogP contribution in [0, 0.1) is 0 Å². The van der Waals surface area contributed by atoms with Crippen LogP contribution in [0.5, 0.6) is 0 Å². The predicted molar refractivity (Wildman–Crippen MR) is 73.3 cm³/mol. The van der Waals surface area contributed by atoms with Crippen molar-refractivity contribution < 1.29 is 9.84 Å². The standard InChI is InChI=1S/C15H17ClO2/c1-2-15(17)9-8-13(10-14(15)16)18-11-12-6-4-3-5-7-12/h3-10,14,17H,2,11H2,1H3. The molecule has 2 atom stereocenters. The van der Waals surface area contributed by atoms with E-state index in [9.17, 15) is 5.11 Å². The van der Waals surface area contributed by atoms with Gasteiger partial charge in [0, 0.05) is 0 Å². The molecule has 0 fully saturated rings. The molecule has 3 heteroatoms. The Morgan fingerprint density at radius 1 is 1.33 bits per heavy atom. The summed E-state index contributed by atoms with van der Waals surface area (Å²) in [7, 11) is 0. The highest BCUT2D eigenvalue weighted by Crippen LogP contribution is 2.29. The van der Waals surface area contributed by atoms with Crippen LogP contribution in [-0.4, -0.2) is 16.1 Å². The van der Waals surface area contributed by atoms with Crippen molar-refractivity contribution in [2.45, 2.75) is 30.9 Å². The highest BCUT2D eigenvalue weighted by Gasteiger charge is 2.32. The molecule has 0 heterocycles. The molecule has 1 aromatic carbocycles. The second kappa shape index (κ2) is 5.59. The molecular formula is C15H17ClO2. The number of benzene rings is 1. The highest BCUT2D eigenvalue weighted by atomic mass is 35.5. The Morgan fingerprint density at radius 3 is 2.67 bits per heavy atom. The molecule has 96 valence electrons. The van der Waals surface area contributed by atoms with Crippen molar-refractivity contribution in [2.24, 2.45) is 0 Å². The van der Waals surface area contributed by atoms with E-state index in [2.05, 4.69) is 0 Å². The van der Waals surface area contributed by atoms with Crippen LogP contribution in [0.25, 0.3) is 0 Å². The van der Waals surface area contributed by atoms with Gasteiger partial charge in [0.15, 0.2) is 0 Å². The van der Waals surface area contributed by atoms with Crippen LogP contribution < -0.4 is 0 Å². The zero-order chi connectivity index (χ0) is 13.0. The molecule has 2 rings (SSSR count). The first-order valence-corrected chi connectivity index (χ1v) is 6.52. The van der Waals surface area contributed by atoms with Gasteiger partial charge in [-0.05, 0) is 30.2 Å². The lowest BCUT2D eigenvalue weighted by Crippen LogP contribution is -2.36. The van der Waals surface area contributed by atoms with Gasteiger partial charge in [0.25, 0.3) is 0 Å². The number of ether oxygens (including phenoxy) is 1. The molecule has 2 nitrogen and oxygen atoms in total. The maximum absolute atomic E-state index is 10.1. The summed E-state index contributed by atoms with van der Waals surface area (Å²) < 4.78 is 5.66. The normalized spacial score (nSPS) is 26.8. The minimum atomic E-state index is -0.957. The van der Waals surface area contributed by atoms with E-state index in [-0.39, 0.29) is 0 Å². The molecule has 1 aliphatic rings. The fourth-order valence-corrected chi connectivity index (χ4v) is 2.16. The first-order chi connectivity index (χ1) is 8.64. The minimum absolute atomic E-state index is 0.446. The van der Waals surface area contributed by atoms with Crippen molar-refractivity contribution in [1.82, 2.24) is 0 Å². The van der Waals surface area contributed by atoms with Crippen molar-refractivity contribution >= 4 is 11.6 Å². The first kappa shape index (κ1) is 13.2. The van der Waals surface area contributed by atoms with Gasteiger partial charge in [-0.15, -0.1) is 11.6 Å². The molecule has 1 aliphatic carbocycles. The molecular weight excluding hydrogens is 248 g/mol. The Bertz CT molecular complexity index is 453. The molecule has 2 unspecified atom stereocenters. The molecule has 0 saturated carbocycles. The number of allylic oxidation sites excluding steroid dienone is 1. The third-order valence-corrected chi connectivity index (χ3v) is 3.64. The van der Waals surface area contributed by atoms with E-state index in [4.69, 9.17) is 16.3 Å². The fraction of sp³-hybridized carbons (Fsp3) is 0.333. The van der Waals surface area contributed by atoms with Gasteiger partial charge in [0.1, 0.15) is 18.0 Å². The summed E-state index contributed by atoms with van der Waals surface area (Å²) in [5.74, 6) is 0.706. The maximum Gasteiger partial charge on any atom is 0.117 e. The van der Waals surface area contributed by atoms with Crippen LogP contribution in [0.4, 0.5) is 0 Å². The summed E-state index contributed by atoms with van der Waals surface area (Å²) >= 11 is 6.14. The van der Waals surface area contributed by atoms with Gasteiger partial charge in [0.2, 0.25) is 0 Å². The Hall–Kier alpha value is -1.25. The van der Waals surface area contributed by atoms with E-state index < -0.39 is 11.0 Å². The van der Waals surface area contributed by atoms with Crippen LogP contribution in [-0.2, 0) is 11.3 Å². The third-order valence-electron chi connectivity index (χ3n) is 3.14. The smallest absolute Gasteiger partial charge is 0.117 e. The molecule has 1 N–H and O–H groups in total. The van der Waals surface area contributed by atoms with Crippen molar-refractivity contribution in [3.8, 4) is 0 Å². The van der Waals surface area contributed by atoms with Crippen molar-refractivity contribution in [2.75, 3.05) is 0 Å². The van der Waals surface area contributed by atoms with Gasteiger partial charge < -0.3 is 9.84 Å². The van der Waals surface area contributed by atoms with Gasteiger partial charge in [-0.3, -0.25) is 0 Å². The molecule has 0 amide bonds. The number of rotatable bonds is 4. The maximum atomic E-state index is 10.1. The second-order valence-corrected chi connectivity index (χ2v) is 4.89. The predicted octanol–water partition coefficient (Wildman–Crippen LogP) is 3.41. The Kier molecular flexibility index (Phi) is 4.10. The third kappa shape index (κ3) is 2.95. The molecule has 18 heavy (non-hydrogen) atoms. The summed E-state index contributed by atoms with van der Waals surface area (Å²) in [4.78, 5) is 0. The summed E-state index contributed by atoms with van der Waals surface area (Å²) in [5, 5.41) is 9.69. The molecule has 0 spiro atoms. The van der Waals surface area contributed by atoms with Gasteiger partial charge >= 0.3 is 0 Å². The quantitative estimate of drug-likeness (QED) is 0.845. The van der Waals surface area contributed by atoms with E-state index in [1.807, 2.05) is 37.3 Å². The molecule has 0 radical (unpaired) electrons. The number of hydrogen-bond acceptors (Lipinski definition) is 2. The SMILES string of the molecule is CCC1(O)C=CC(OCc2ccccc2)=CC1Cl. The van der Waals surface area contributed by atoms with E-state index in [0.29, 0.717) is 18.8 Å². The van der Waals surface area contributed by atoms with Gasteiger partial charge in [-0.2, -0.15) is 0 Å². The topological polar surface area (TPSA) is 29.5 Å². The van der Waals surface area contributed by atoms with E-state index in [0.717, 1.165) is 5.56 Å². The van der Waals surface area contributed by atoms with Gasteiger partial charge in [0.05, 0.1) is 5.38 Å². The molecule has 0 bridgehead atoms. The van der Waals surface area contributed by atoms with E-state index in [1.165, 1.54) is 0 Å². The molecule has 0 saturated heterocycles. The lowest BCUT2D eigenvalue weighted by molar-refractivity contribution is 0.0876. The van der Waals surface area contributed by atoms with Crippen LogP contribution in [0.2, 0.25) is 0 Å². The summed E-state index contributed by atoms with van der Waals surface area (Å²) in [6.45, 7) is 2.41. The van der Waals surface area contributed by atoms with E-state index >= 15 is 0 Å². The summed E-state index contributed by atoms with van der Waals surface area (Å²) in [6.07, 6.45) is 5.84. The molecule has 0 aromatic heterocycles. The monoisotopic (exact) mass is 264 g/mol. The lowest BCUT2D eigenvalue weighted by Gasteiger charge is -2.29. The second-order valence-electron chi connectivity index (χ2n) is 4.42. The number of aliphatic hydroxyl groups is 1. The zero-order valence-corrected chi connectivity index (χ0v) is 11.1. The summed E-state index contributed by atoms with van der Waals surface area (Å²) in [5.41, 5.74) is 0.149. The summed E-state index contributed by atoms with van der Waals surface area (Å²) in [6, 6.07) is 9.94. The molecule has 1 aromatic rings. The van der Waals surface area contributed by atoms with Crippen LogP contribution in [0.3, 0.4) is 0 Å². The fourth-order valence-electron chi connectivity index (χ4n) is 1.81.